The molecule has 1 aromatic rings. The van der Waals surface area contributed by atoms with Crippen molar-refractivity contribution in [3.05, 3.63) is 23.3 Å². The highest BCUT2D eigenvalue weighted by Gasteiger charge is 2.47. The van der Waals surface area contributed by atoms with E-state index in [2.05, 4.69) is 0 Å². The highest BCUT2D eigenvalue weighted by Crippen LogP contribution is 2.37. The molecule has 0 bridgehead atoms. The van der Waals surface area contributed by atoms with E-state index in [1.54, 1.807) is 19.1 Å². The van der Waals surface area contributed by atoms with Crippen LogP contribution in [0.15, 0.2) is 12.1 Å². The highest BCUT2D eigenvalue weighted by atomic mass is 16.5. The lowest BCUT2D eigenvalue weighted by atomic mass is 9.94. The fourth-order valence-corrected chi connectivity index (χ4v) is 4.48. The molecular formula is C21H27N3O5. The lowest BCUT2D eigenvalue weighted by Crippen LogP contribution is -2.40. The van der Waals surface area contributed by atoms with Crippen LogP contribution >= 0.6 is 0 Å². The molecule has 0 spiro atoms. The summed E-state index contributed by atoms with van der Waals surface area (Å²) < 4.78 is 10.7. The van der Waals surface area contributed by atoms with E-state index in [1.807, 2.05) is 17.0 Å². The number of carbonyl (C=O) groups is 3. The van der Waals surface area contributed by atoms with Gasteiger partial charge in [0.2, 0.25) is 5.91 Å². The van der Waals surface area contributed by atoms with E-state index in [1.165, 1.54) is 4.90 Å². The van der Waals surface area contributed by atoms with Crippen LogP contribution in [0.5, 0.6) is 11.5 Å². The molecule has 2 fully saturated rings. The topological polar surface area (TPSA) is 79.4 Å². The maximum absolute atomic E-state index is 12.9. The number of hydrogen-bond donors (Lipinski definition) is 0. The monoisotopic (exact) mass is 401 g/mol. The van der Waals surface area contributed by atoms with Crippen molar-refractivity contribution in [1.82, 2.24) is 14.7 Å². The first-order valence-electron chi connectivity index (χ1n) is 10.2. The minimum absolute atomic E-state index is 0.117. The Morgan fingerprint density at radius 1 is 1.07 bits per heavy atom. The van der Waals surface area contributed by atoms with Crippen molar-refractivity contribution in [2.45, 2.75) is 44.7 Å². The third kappa shape index (κ3) is 3.52. The van der Waals surface area contributed by atoms with E-state index in [0.29, 0.717) is 37.3 Å². The first-order chi connectivity index (χ1) is 14.0. The summed E-state index contributed by atoms with van der Waals surface area (Å²) >= 11 is 0. The Hall–Kier alpha value is -2.77. The molecule has 4 amide bonds. The van der Waals surface area contributed by atoms with Crippen molar-refractivity contribution in [3.8, 4) is 11.5 Å². The number of amides is 4. The van der Waals surface area contributed by atoms with E-state index >= 15 is 0 Å². The minimum Gasteiger partial charge on any atom is -0.493 e. The van der Waals surface area contributed by atoms with Crippen LogP contribution in [0.3, 0.4) is 0 Å². The van der Waals surface area contributed by atoms with Crippen molar-refractivity contribution in [2.24, 2.45) is 0 Å². The van der Waals surface area contributed by atoms with Crippen LogP contribution in [0.4, 0.5) is 4.79 Å². The van der Waals surface area contributed by atoms with Gasteiger partial charge in [-0.25, -0.2) is 4.79 Å². The van der Waals surface area contributed by atoms with Gasteiger partial charge < -0.3 is 19.3 Å². The first-order valence-corrected chi connectivity index (χ1v) is 10.2. The number of urea groups is 1. The summed E-state index contributed by atoms with van der Waals surface area (Å²) in [6.45, 7) is 2.30. The van der Waals surface area contributed by atoms with Gasteiger partial charge in [0.25, 0.3) is 5.91 Å². The maximum Gasteiger partial charge on any atom is 0.327 e. The van der Waals surface area contributed by atoms with Gasteiger partial charge in [0.15, 0.2) is 11.5 Å². The largest absolute Gasteiger partial charge is 0.493 e. The molecule has 1 aromatic carbocycles. The first kappa shape index (κ1) is 19.5. The minimum atomic E-state index is -0.484. The fraction of sp³-hybridized carbons (Fsp3) is 0.571. The molecule has 3 heterocycles. The molecule has 0 aromatic heterocycles. The van der Waals surface area contributed by atoms with Gasteiger partial charge in [-0.3, -0.25) is 14.5 Å². The van der Waals surface area contributed by atoms with Crippen LogP contribution < -0.4 is 9.47 Å². The van der Waals surface area contributed by atoms with Crippen LogP contribution in [0.25, 0.3) is 0 Å². The number of hydrogen-bond acceptors (Lipinski definition) is 5. The Balaban J connectivity index is 1.42. The van der Waals surface area contributed by atoms with Crippen LogP contribution in [-0.2, 0) is 22.6 Å². The summed E-state index contributed by atoms with van der Waals surface area (Å²) in [4.78, 5) is 42.7. The van der Waals surface area contributed by atoms with Crippen molar-refractivity contribution < 1.29 is 23.9 Å². The molecule has 0 N–H and O–H groups in total. The van der Waals surface area contributed by atoms with Crippen LogP contribution in [0.2, 0.25) is 0 Å². The van der Waals surface area contributed by atoms with Crippen molar-refractivity contribution in [1.29, 1.82) is 0 Å². The van der Waals surface area contributed by atoms with Crippen molar-refractivity contribution in [2.75, 3.05) is 33.9 Å². The van der Waals surface area contributed by atoms with Gasteiger partial charge in [0.1, 0.15) is 6.04 Å². The molecule has 2 saturated heterocycles. The number of methoxy groups -OCH3 is 2. The fourth-order valence-electron chi connectivity index (χ4n) is 4.48. The Kier molecular flexibility index (Phi) is 5.34. The summed E-state index contributed by atoms with van der Waals surface area (Å²) in [6.07, 6.45) is 3.45. The van der Waals surface area contributed by atoms with Crippen LogP contribution in [-0.4, -0.2) is 72.4 Å². The second-order valence-corrected chi connectivity index (χ2v) is 7.79. The molecule has 29 heavy (non-hydrogen) atoms. The summed E-state index contributed by atoms with van der Waals surface area (Å²) in [6, 6.07) is 3.01. The van der Waals surface area contributed by atoms with Gasteiger partial charge in [-0.15, -0.1) is 0 Å². The number of rotatable bonds is 6. The normalized spacial score (nSPS) is 20.8. The molecular weight excluding hydrogens is 374 g/mol. The third-order valence-corrected chi connectivity index (χ3v) is 6.09. The molecule has 3 aliphatic heterocycles. The number of imide groups is 1. The zero-order valence-corrected chi connectivity index (χ0v) is 17.0. The van der Waals surface area contributed by atoms with E-state index in [4.69, 9.17) is 9.47 Å². The Labute approximate surface area is 170 Å². The van der Waals surface area contributed by atoms with Gasteiger partial charge >= 0.3 is 6.03 Å². The van der Waals surface area contributed by atoms with Crippen LogP contribution in [0.1, 0.15) is 36.8 Å². The standard InChI is InChI=1S/C21H27N3O5/c1-28-17-11-14-10-16-20(26)23(9-5-6-19(25)22-7-3-4-8-22)21(27)24(16)13-15(14)12-18(17)29-2/h11-12,16H,3-10,13H2,1-2H3. The lowest BCUT2D eigenvalue weighted by Gasteiger charge is -2.29. The molecule has 4 rings (SSSR count). The number of likely N-dealkylation sites (tertiary alicyclic amines) is 1. The molecule has 0 radical (unpaired) electrons. The Morgan fingerprint density at radius 2 is 1.72 bits per heavy atom. The lowest BCUT2D eigenvalue weighted by molar-refractivity contribution is -0.131. The average molecular weight is 401 g/mol. The third-order valence-electron chi connectivity index (χ3n) is 6.09. The highest BCUT2D eigenvalue weighted by molar-refractivity contribution is 6.04. The van der Waals surface area contributed by atoms with Gasteiger partial charge in [-0.1, -0.05) is 0 Å². The molecule has 0 saturated carbocycles. The van der Waals surface area contributed by atoms with E-state index in [-0.39, 0.29) is 24.4 Å². The van der Waals surface area contributed by atoms with Crippen molar-refractivity contribution >= 4 is 17.8 Å². The Morgan fingerprint density at radius 3 is 2.38 bits per heavy atom. The number of benzene rings is 1. The summed E-state index contributed by atoms with van der Waals surface area (Å²) in [5.41, 5.74) is 1.96. The zero-order valence-electron chi connectivity index (χ0n) is 17.0. The van der Waals surface area contributed by atoms with Gasteiger partial charge in [-0.05, 0) is 42.5 Å². The maximum atomic E-state index is 12.9. The Bertz CT molecular complexity index is 783. The second-order valence-electron chi connectivity index (χ2n) is 7.79. The zero-order chi connectivity index (χ0) is 20.5. The second kappa shape index (κ2) is 7.93. The van der Waals surface area contributed by atoms with E-state index in [9.17, 15) is 14.4 Å². The summed E-state index contributed by atoms with van der Waals surface area (Å²) in [7, 11) is 3.15. The van der Waals surface area contributed by atoms with Gasteiger partial charge in [0.05, 0.1) is 14.2 Å². The molecule has 1 atom stereocenters. The SMILES string of the molecule is COc1cc2c(cc1OC)CN1C(=O)N(CCCC(=O)N3CCCC3)C(=O)C1C2. The molecule has 1 unspecified atom stereocenters. The van der Waals surface area contributed by atoms with Crippen LogP contribution in [0, 0.1) is 0 Å². The molecule has 3 aliphatic rings. The summed E-state index contributed by atoms with van der Waals surface area (Å²) in [5, 5.41) is 0. The van der Waals surface area contributed by atoms with Crippen molar-refractivity contribution in [3.63, 3.8) is 0 Å². The number of fused-ring (bicyclic) bond motifs is 2. The smallest absolute Gasteiger partial charge is 0.327 e. The predicted octanol–water partition coefficient (Wildman–Crippen LogP) is 1.80. The summed E-state index contributed by atoms with van der Waals surface area (Å²) in [5.74, 6) is 1.17. The quantitative estimate of drug-likeness (QED) is 0.679. The number of nitrogens with zero attached hydrogens (tertiary/aromatic N) is 3. The van der Waals surface area contributed by atoms with E-state index < -0.39 is 6.04 Å². The van der Waals surface area contributed by atoms with Gasteiger partial charge in [0, 0.05) is 39.0 Å². The molecule has 0 aliphatic carbocycles. The average Bonchev–Trinajstić information content (AvgIpc) is 3.35. The van der Waals surface area contributed by atoms with Gasteiger partial charge in [-0.2, -0.15) is 0 Å². The molecule has 8 nitrogen and oxygen atoms in total. The van der Waals surface area contributed by atoms with E-state index in [0.717, 1.165) is 37.1 Å². The molecule has 156 valence electrons. The molecule has 8 heteroatoms. The predicted molar refractivity (Wildman–Crippen MR) is 105 cm³/mol. The number of ether oxygens (including phenoxy) is 2. The number of carbonyl (C=O) groups excluding carboxylic acids is 3.